The Morgan fingerprint density at radius 3 is 2.58 bits per heavy atom. The molecule has 1 N–H and O–H groups in total. The number of nitrogens with zero attached hydrogens (tertiary/aromatic N) is 2. The van der Waals surface area contributed by atoms with Crippen molar-refractivity contribution >= 4 is 11.8 Å². The summed E-state index contributed by atoms with van der Waals surface area (Å²) in [6, 6.07) is 0. The zero-order valence-electron chi connectivity index (χ0n) is 6.95. The Hall–Kier alpha value is -0.610. The van der Waals surface area contributed by atoms with Crippen LogP contribution in [0.2, 0.25) is 0 Å². The topological polar surface area (TPSA) is 37.8 Å². The van der Waals surface area contributed by atoms with E-state index in [1.54, 1.807) is 11.8 Å². The molecule has 0 atom stereocenters. The predicted molar refractivity (Wildman–Crippen MR) is 49.3 cm³/mol. The maximum Gasteiger partial charge on any atom is 0.187 e. The van der Waals surface area contributed by atoms with E-state index in [1.165, 1.54) is 0 Å². The van der Waals surface area contributed by atoms with Crippen LogP contribution in [0.4, 0.5) is 0 Å². The zero-order chi connectivity index (χ0) is 8.39. The van der Waals surface area contributed by atoms with E-state index in [0.29, 0.717) is 5.25 Å². The number of hydrogen-bond donors (Lipinski definition) is 1. The van der Waals surface area contributed by atoms with E-state index in [0.717, 1.165) is 23.8 Å². The Morgan fingerprint density at radius 2 is 2.08 bits per heavy atom. The lowest BCUT2D eigenvalue weighted by Gasteiger charge is -2.25. The van der Waals surface area contributed by atoms with Crippen LogP contribution in [0.5, 0.6) is 0 Å². The van der Waals surface area contributed by atoms with Crippen molar-refractivity contribution in [2.45, 2.75) is 17.3 Å². The molecular weight excluding hydrogens is 170 g/mol. The number of aryl methyl sites for hydroxylation is 1. The van der Waals surface area contributed by atoms with E-state index >= 15 is 0 Å². The molecule has 1 aliphatic rings. The van der Waals surface area contributed by atoms with Crippen molar-refractivity contribution in [3.8, 4) is 0 Å². The van der Waals surface area contributed by atoms with Gasteiger partial charge in [0, 0.05) is 30.7 Å². The fraction of sp³-hybridized carbons (Fsp3) is 0.500. The van der Waals surface area contributed by atoms with Crippen molar-refractivity contribution in [2.24, 2.45) is 0 Å². The third-order valence-corrected chi connectivity index (χ3v) is 2.86. The average Bonchev–Trinajstić information content (AvgIpc) is 2.00. The molecule has 0 amide bonds. The molecule has 1 aliphatic heterocycles. The van der Waals surface area contributed by atoms with Crippen molar-refractivity contribution in [3.63, 3.8) is 0 Å². The summed E-state index contributed by atoms with van der Waals surface area (Å²) in [5.41, 5.74) is 1.12. The van der Waals surface area contributed by atoms with Crippen LogP contribution in [0.15, 0.2) is 17.6 Å². The van der Waals surface area contributed by atoms with E-state index in [2.05, 4.69) is 15.3 Å². The van der Waals surface area contributed by atoms with Crippen LogP contribution in [0, 0.1) is 6.92 Å². The molecule has 64 valence electrons. The van der Waals surface area contributed by atoms with Gasteiger partial charge in [-0.05, 0) is 12.5 Å². The Morgan fingerprint density at radius 1 is 1.42 bits per heavy atom. The predicted octanol–water partition coefficient (Wildman–Crippen LogP) is 0.849. The molecule has 0 bridgehead atoms. The van der Waals surface area contributed by atoms with Crippen LogP contribution < -0.4 is 5.32 Å². The number of nitrogens with one attached hydrogen (secondary N) is 1. The second kappa shape index (κ2) is 3.41. The number of thioether (sulfide) groups is 1. The zero-order valence-corrected chi connectivity index (χ0v) is 7.77. The molecular formula is C8H11N3S. The smallest absolute Gasteiger partial charge is 0.187 e. The van der Waals surface area contributed by atoms with E-state index in [1.807, 2.05) is 19.3 Å². The van der Waals surface area contributed by atoms with Gasteiger partial charge >= 0.3 is 0 Å². The monoisotopic (exact) mass is 181 g/mol. The lowest BCUT2D eigenvalue weighted by molar-refractivity contribution is 0.542. The van der Waals surface area contributed by atoms with Crippen LogP contribution in [-0.4, -0.2) is 28.3 Å². The van der Waals surface area contributed by atoms with Gasteiger partial charge in [-0.1, -0.05) is 11.8 Å². The first-order chi connectivity index (χ1) is 5.84. The van der Waals surface area contributed by atoms with Gasteiger partial charge in [0.05, 0.1) is 0 Å². The highest BCUT2D eigenvalue weighted by molar-refractivity contribution is 7.99. The first-order valence-electron chi connectivity index (χ1n) is 4.00. The summed E-state index contributed by atoms with van der Waals surface area (Å²) in [6.07, 6.45) is 3.73. The molecule has 1 fully saturated rings. The number of rotatable bonds is 2. The van der Waals surface area contributed by atoms with Crippen molar-refractivity contribution < 1.29 is 0 Å². The molecule has 1 aromatic rings. The minimum absolute atomic E-state index is 0.674. The van der Waals surface area contributed by atoms with E-state index in [-0.39, 0.29) is 0 Å². The van der Waals surface area contributed by atoms with Gasteiger partial charge in [0.1, 0.15) is 0 Å². The largest absolute Gasteiger partial charge is 0.314 e. The third kappa shape index (κ3) is 1.76. The van der Waals surface area contributed by atoms with Crippen LogP contribution >= 0.6 is 11.8 Å². The molecule has 4 heteroatoms. The minimum atomic E-state index is 0.674. The molecule has 2 rings (SSSR count). The molecule has 0 aliphatic carbocycles. The van der Waals surface area contributed by atoms with E-state index in [9.17, 15) is 0 Å². The maximum absolute atomic E-state index is 4.22. The van der Waals surface area contributed by atoms with E-state index in [4.69, 9.17) is 0 Å². The molecule has 0 unspecified atom stereocenters. The van der Waals surface area contributed by atoms with Gasteiger partial charge in [0.15, 0.2) is 5.16 Å². The molecule has 1 saturated heterocycles. The summed E-state index contributed by atoms with van der Waals surface area (Å²) in [5.74, 6) is 0. The summed E-state index contributed by atoms with van der Waals surface area (Å²) < 4.78 is 0. The Bertz CT molecular complexity index is 256. The molecule has 12 heavy (non-hydrogen) atoms. The standard InChI is InChI=1S/C8H11N3S/c1-6-2-10-8(11-3-6)12-7-4-9-5-7/h2-3,7,9H,4-5H2,1H3. The summed E-state index contributed by atoms with van der Waals surface area (Å²) in [4.78, 5) is 8.45. The van der Waals surface area contributed by atoms with Gasteiger partial charge in [-0.2, -0.15) is 0 Å². The van der Waals surface area contributed by atoms with Gasteiger partial charge in [-0.3, -0.25) is 0 Å². The molecule has 0 saturated carbocycles. The Balaban J connectivity index is 1.98. The summed E-state index contributed by atoms with van der Waals surface area (Å²) in [6.45, 7) is 4.17. The summed E-state index contributed by atoms with van der Waals surface area (Å²) in [7, 11) is 0. The minimum Gasteiger partial charge on any atom is -0.314 e. The SMILES string of the molecule is Cc1cnc(SC2CNC2)nc1. The quantitative estimate of drug-likeness (QED) is 0.686. The fourth-order valence-electron chi connectivity index (χ4n) is 0.936. The first kappa shape index (κ1) is 8.01. The normalized spacial score (nSPS) is 17.4. The Kier molecular flexibility index (Phi) is 2.28. The molecule has 0 radical (unpaired) electrons. The molecule has 2 heterocycles. The third-order valence-electron chi connectivity index (χ3n) is 1.77. The van der Waals surface area contributed by atoms with E-state index < -0.39 is 0 Å². The van der Waals surface area contributed by atoms with Gasteiger partial charge in [-0.25, -0.2) is 9.97 Å². The summed E-state index contributed by atoms with van der Waals surface area (Å²) >= 11 is 1.75. The van der Waals surface area contributed by atoms with Crippen LogP contribution in [0.1, 0.15) is 5.56 Å². The van der Waals surface area contributed by atoms with Crippen LogP contribution in [0.25, 0.3) is 0 Å². The van der Waals surface area contributed by atoms with Gasteiger partial charge in [0.2, 0.25) is 0 Å². The maximum atomic E-state index is 4.22. The lowest BCUT2D eigenvalue weighted by atomic mass is 10.3. The lowest BCUT2D eigenvalue weighted by Crippen LogP contribution is -2.44. The highest BCUT2D eigenvalue weighted by Crippen LogP contribution is 2.21. The van der Waals surface area contributed by atoms with Crippen LogP contribution in [0.3, 0.4) is 0 Å². The number of aromatic nitrogens is 2. The fourth-order valence-corrected chi connectivity index (χ4v) is 1.86. The molecule has 0 aromatic carbocycles. The second-order valence-electron chi connectivity index (χ2n) is 2.94. The van der Waals surface area contributed by atoms with Crippen molar-refractivity contribution in [1.82, 2.24) is 15.3 Å². The van der Waals surface area contributed by atoms with Gasteiger partial charge in [-0.15, -0.1) is 0 Å². The van der Waals surface area contributed by atoms with Crippen molar-refractivity contribution in [2.75, 3.05) is 13.1 Å². The highest BCUT2D eigenvalue weighted by Gasteiger charge is 2.18. The summed E-state index contributed by atoms with van der Waals surface area (Å²) in [5, 5.41) is 4.79. The van der Waals surface area contributed by atoms with Gasteiger partial charge in [0.25, 0.3) is 0 Å². The first-order valence-corrected chi connectivity index (χ1v) is 4.88. The average molecular weight is 181 g/mol. The molecule has 3 nitrogen and oxygen atoms in total. The van der Waals surface area contributed by atoms with Crippen LogP contribution in [-0.2, 0) is 0 Å². The molecule has 0 spiro atoms. The highest BCUT2D eigenvalue weighted by atomic mass is 32.2. The number of hydrogen-bond acceptors (Lipinski definition) is 4. The second-order valence-corrected chi connectivity index (χ2v) is 4.21. The van der Waals surface area contributed by atoms with Crippen molar-refractivity contribution in [1.29, 1.82) is 0 Å². The van der Waals surface area contributed by atoms with Crippen molar-refractivity contribution in [3.05, 3.63) is 18.0 Å². The van der Waals surface area contributed by atoms with Gasteiger partial charge < -0.3 is 5.32 Å². The molecule has 1 aromatic heterocycles. The Labute approximate surface area is 76.0 Å².